The number of benzene rings is 2. The zero-order chi connectivity index (χ0) is 13.9. The lowest BCUT2D eigenvalue weighted by molar-refractivity contribution is 1.03. The molecule has 0 saturated heterocycles. The molecule has 3 aromatic rings. The molecule has 0 bridgehead atoms. The quantitative estimate of drug-likeness (QED) is 0.711. The SMILES string of the molecule is NCc1ccc(-n2ccnc2-c2ccccc2)cc1I. The molecule has 0 aliphatic heterocycles. The van der Waals surface area contributed by atoms with Crippen LogP contribution in [0.2, 0.25) is 0 Å². The standard InChI is InChI=1S/C16H14IN3/c17-15-10-14(7-6-13(15)11-18)20-9-8-19-16(20)12-4-2-1-3-5-12/h1-10H,11,18H2. The highest BCUT2D eigenvalue weighted by Crippen LogP contribution is 2.23. The van der Waals surface area contributed by atoms with Crippen molar-refractivity contribution in [3.8, 4) is 17.1 Å². The van der Waals surface area contributed by atoms with E-state index < -0.39 is 0 Å². The van der Waals surface area contributed by atoms with Gasteiger partial charge in [-0.05, 0) is 40.3 Å². The minimum absolute atomic E-state index is 0.564. The van der Waals surface area contributed by atoms with Gasteiger partial charge >= 0.3 is 0 Å². The zero-order valence-corrected chi connectivity index (χ0v) is 13.0. The number of hydrogen-bond acceptors (Lipinski definition) is 2. The van der Waals surface area contributed by atoms with E-state index in [0.29, 0.717) is 6.54 Å². The molecule has 0 radical (unpaired) electrons. The molecule has 3 nitrogen and oxygen atoms in total. The zero-order valence-electron chi connectivity index (χ0n) is 10.8. The van der Waals surface area contributed by atoms with Crippen LogP contribution >= 0.6 is 22.6 Å². The molecule has 0 atom stereocenters. The van der Waals surface area contributed by atoms with E-state index in [-0.39, 0.29) is 0 Å². The van der Waals surface area contributed by atoms with Gasteiger partial charge in [-0.25, -0.2) is 4.98 Å². The summed E-state index contributed by atoms with van der Waals surface area (Å²) in [7, 11) is 0. The molecule has 3 rings (SSSR count). The van der Waals surface area contributed by atoms with Crippen LogP contribution in [0.5, 0.6) is 0 Å². The van der Waals surface area contributed by atoms with Crippen molar-refractivity contribution >= 4 is 22.6 Å². The van der Waals surface area contributed by atoms with Crippen LogP contribution < -0.4 is 5.73 Å². The van der Waals surface area contributed by atoms with Crippen molar-refractivity contribution in [3.05, 3.63) is 70.1 Å². The second kappa shape index (κ2) is 5.76. The van der Waals surface area contributed by atoms with Gasteiger partial charge in [-0.3, -0.25) is 4.57 Å². The fourth-order valence-corrected chi connectivity index (χ4v) is 2.88. The first-order chi connectivity index (χ1) is 9.79. The molecule has 100 valence electrons. The van der Waals surface area contributed by atoms with Gasteiger partial charge in [0.25, 0.3) is 0 Å². The summed E-state index contributed by atoms with van der Waals surface area (Å²) < 4.78 is 3.27. The molecule has 20 heavy (non-hydrogen) atoms. The molecule has 1 heterocycles. The van der Waals surface area contributed by atoms with Crippen molar-refractivity contribution in [2.24, 2.45) is 5.73 Å². The Balaban J connectivity index is 2.08. The van der Waals surface area contributed by atoms with Crippen molar-refractivity contribution in [2.45, 2.75) is 6.54 Å². The van der Waals surface area contributed by atoms with Crippen molar-refractivity contribution in [3.63, 3.8) is 0 Å². The molecule has 1 aromatic heterocycles. The number of rotatable bonds is 3. The second-order valence-electron chi connectivity index (χ2n) is 4.47. The van der Waals surface area contributed by atoms with Crippen molar-refractivity contribution in [2.75, 3.05) is 0 Å². The van der Waals surface area contributed by atoms with E-state index in [1.165, 1.54) is 3.57 Å². The third-order valence-corrected chi connectivity index (χ3v) is 4.21. The second-order valence-corrected chi connectivity index (χ2v) is 5.63. The highest BCUT2D eigenvalue weighted by atomic mass is 127. The van der Waals surface area contributed by atoms with Crippen LogP contribution in [0.3, 0.4) is 0 Å². The van der Waals surface area contributed by atoms with Gasteiger partial charge in [0.1, 0.15) is 5.82 Å². The van der Waals surface area contributed by atoms with Crippen LogP contribution in [0.15, 0.2) is 60.9 Å². The van der Waals surface area contributed by atoms with Crippen molar-refractivity contribution in [1.29, 1.82) is 0 Å². The number of nitrogens with two attached hydrogens (primary N) is 1. The number of hydrogen-bond donors (Lipinski definition) is 1. The van der Waals surface area contributed by atoms with Crippen LogP contribution in [0.25, 0.3) is 17.1 Å². The average molecular weight is 375 g/mol. The molecular weight excluding hydrogens is 361 g/mol. The van der Waals surface area contributed by atoms with E-state index >= 15 is 0 Å². The summed E-state index contributed by atoms with van der Waals surface area (Å²) in [6.07, 6.45) is 3.81. The maximum Gasteiger partial charge on any atom is 0.144 e. The van der Waals surface area contributed by atoms with Crippen molar-refractivity contribution in [1.82, 2.24) is 9.55 Å². The van der Waals surface area contributed by atoms with Gasteiger partial charge in [-0.1, -0.05) is 36.4 Å². The molecule has 2 N–H and O–H groups in total. The summed E-state index contributed by atoms with van der Waals surface area (Å²) in [5.74, 6) is 0.946. The normalized spacial score (nSPS) is 10.7. The first-order valence-corrected chi connectivity index (χ1v) is 7.45. The van der Waals surface area contributed by atoms with E-state index in [2.05, 4.69) is 62.5 Å². The van der Waals surface area contributed by atoms with E-state index in [9.17, 15) is 0 Å². The lowest BCUT2D eigenvalue weighted by atomic mass is 10.2. The first kappa shape index (κ1) is 13.3. The van der Waals surface area contributed by atoms with Crippen LogP contribution in [0.1, 0.15) is 5.56 Å². The van der Waals surface area contributed by atoms with Gasteiger partial charge in [-0.2, -0.15) is 0 Å². The molecule has 0 aliphatic carbocycles. The Bertz CT molecular complexity index is 720. The number of halogens is 1. The number of aromatic nitrogens is 2. The van der Waals surface area contributed by atoms with Gasteiger partial charge in [0.15, 0.2) is 0 Å². The Morgan fingerprint density at radius 3 is 2.60 bits per heavy atom. The fourth-order valence-electron chi connectivity index (χ4n) is 2.16. The predicted octanol–water partition coefficient (Wildman–Crippen LogP) is 3.60. The molecule has 4 heteroatoms. The Hall–Kier alpha value is -1.66. The van der Waals surface area contributed by atoms with Gasteiger partial charge in [0.2, 0.25) is 0 Å². The molecule has 0 amide bonds. The lowest BCUT2D eigenvalue weighted by Gasteiger charge is -2.10. The Labute approximate surface area is 131 Å². The smallest absolute Gasteiger partial charge is 0.144 e. The topological polar surface area (TPSA) is 43.8 Å². The Morgan fingerprint density at radius 1 is 1.10 bits per heavy atom. The third kappa shape index (κ3) is 2.48. The largest absolute Gasteiger partial charge is 0.326 e. The minimum Gasteiger partial charge on any atom is -0.326 e. The summed E-state index contributed by atoms with van der Waals surface area (Å²) in [4.78, 5) is 4.47. The monoisotopic (exact) mass is 375 g/mol. The first-order valence-electron chi connectivity index (χ1n) is 6.37. The molecule has 0 saturated carbocycles. The minimum atomic E-state index is 0.564. The summed E-state index contributed by atoms with van der Waals surface area (Å²) in [5, 5.41) is 0. The number of nitrogens with zero attached hydrogens (tertiary/aromatic N) is 2. The van der Waals surface area contributed by atoms with Crippen LogP contribution in [0, 0.1) is 3.57 Å². The van der Waals surface area contributed by atoms with Crippen LogP contribution in [0.4, 0.5) is 0 Å². The Kier molecular flexibility index (Phi) is 3.84. The highest BCUT2D eigenvalue weighted by Gasteiger charge is 2.08. The Morgan fingerprint density at radius 2 is 1.90 bits per heavy atom. The van der Waals surface area contributed by atoms with E-state index in [4.69, 9.17) is 5.73 Å². The van der Waals surface area contributed by atoms with Crippen molar-refractivity contribution < 1.29 is 0 Å². The van der Waals surface area contributed by atoms with Crippen LogP contribution in [-0.2, 0) is 6.54 Å². The lowest BCUT2D eigenvalue weighted by Crippen LogP contribution is -2.02. The molecule has 0 spiro atoms. The fraction of sp³-hybridized carbons (Fsp3) is 0.0625. The molecule has 2 aromatic carbocycles. The third-order valence-electron chi connectivity index (χ3n) is 3.21. The molecule has 0 aliphatic rings. The summed E-state index contributed by atoms with van der Waals surface area (Å²) in [6.45, 7) is 0.564. The number of imidazole rings is 1. The van der Waals surface area contributed by atoms with Gasteiger partial charge in [0, 0.05) is 33.8 Å². The molecule has 0 unspecified atom stereocenters. The highest BCUT2D eigenvalue weighted by molar-refractivity contribution is 14.1. The van der Waals surface area contributed by atoms with Crippen LogP contribution in [-0.4, -0.2) is 9.55 Å². The van der Waals surface area contributed by atoms with Gasteiger partial charge in [0.05, 0.1) is 0 Å². The predicted molar refractivity (Wildman–Crippen MR) is 89.6 cm³/mol. The summed E-state index contributed by atoms with van der Waals surface area (Å²) in [5.41, 5.74) is 9.09. The molecular formula is C16H14IN3. The maximum atomic E-state index is 5.72. The average Bonchev–Trinajstić information content (AvgIpc) is 2.97. The molecule has 0 fully saturated rings. The summed E-state index contributed by atoms with van der Waals surface area (Å²) >= 11 is 2.32. The van der Waals surface area contributed by atoms with Gasteiger partial charge in [-0.15, -0.1) is 0 Å². The van der Waals surface area contributed by atoms with E-state index in [1.807, 2.05) is 30.6 Å². The summed E-state index contributed by atoms with van der Waals surface area (Å²) in [6, 6.07) is 16.5. The van der Waals surface area contributed by atoms with Gasteiger partial charge < -0.3 is 5.73 Å². The van der Waals surface area contributed by atoms with E-state index in [0.717, 1.165) is 22.6 Å². The van der Waals surface area contributed by atoms with E-state index in [1.54, 1.807) is 0 Å². The maximum absolute atomic E-state index is 5.72.